The van der Waals surface area contributed by atoms with Crippen molar-refractivity contribution in [3.8, 4) is 0 Å². The molecule has 64 valence electrons. The van der Waals surface area contributed by atoms with Crippen molar-refractivity contribution in [3.05, 3.63) is 12.8 Å². The lowest BCUT2D eigenvalue weighted by Crippen LogP contribution is -2.05. The van der Waals surface area contributed by atoms with Crippen LogP contribution in [0.25, 0.3) is 0 Å². The van der Waals surface area contributed by atoms with Crippen LogP contribution in [0.1, 0.15) is 19.8 Å². The van der Waals surface area contributed by atoms with Crippen molar-refractivity contribution < 1.29 is 4.74 Å². The van der Waals surface area contributed by atoms with Crippen molar-refractivity contribution in [2.24, 2.45) is 4.99 Å². The van der Waals surface area contributed by atoms with Crippen LogP contribution in [-0.4, -0.2) is 18.4 Å². The van der Waals surface area contributed by atoms with Crippen LogP contribution in [0.5, 0.6) is 0 Å². The molecule has 3 heteroatoms. The van der Waals surface area contributed by atoms with E-state index in [9.17, 15) is 0 Å². The van der Waals surface area contributed by atoms with Crippen molar-refractivity contribution in [3.63, 3.8) is 0 Å². The fourth-order valence-electron chi connectivity index (χ4n) is 0.604. The lowest BCUT2D eigenvalue weighted by atomic mass is 10.2. The summed E-state index contributed by atoms with van der Waals surface area (Å²) in [5.41, 5.74) is 0. The summed E-state index contributed by atoms with van der Waals surface area (Å²) < 4.78 is 5.04. The minimum atomic E-state index is 0.240. The van der Waals surface area contributed by atoms with Crippen LogP contribution in [0.2, 0.25) is 0 Å². The predicted octanol–water partition coefficient (Wildman–Crippen LogP) is 2.58. The third kappa shape index (κ3) is 6.07. The van der Waals surface area contributed by atoms with Crippen LogP contribution in [-0.2, 0) is 4.74 Å². The van der Waals surface area contributed by atoms with Gasteiger partial charge in [-0.05, 0) is 13.3 Å². The molecule has 11 heavy (non-hydrogen) atoms. The number of halogens is 1. The summed E-state index contributed by atoms with van der Waals surface area (Å²) in [6.45, 7) is 5.44. The Bertz CT molecular complexity index is 145. The summed E-state index contributed by atoms with van der Waals surface area (Å²) in [5, 5.41) is 0.587. The molecule has 0 spiro atoms. The van der Waals surface area contributed by atoms with E-state index in [-0.39, 0.29) is 6.10 Å². The van der Waals surface area contributed by atoms with E-state index in [1.807, 2.05) is 6.92 Å². The summed E-state index contributed by atoms with van der Waals surface area (Å²) in [6, 6.07) is 0. The first-order valence-corrected chi connectivity index (χ1v) is 3.94. The van der Waals surface area contributed by atoms with E-state index in [2.05, 4.69) is 11.6 Å². The van der Waals surface area contributed by atoms with Gasteiger partial charge in [0.1, 0.15) is 5.17 Å². The fourth-order valence-corrected chi connectivity index (χ4v) is 0.782. The second-order valence-corrected chi connectivity index (χ2v) is 2.71. The Hall–Kier alpha value is -0.340. The zero-order valence-electron chi connectivity index (χ0n) is 7.01. The van der Waals surface area contributed by atoms with Crippen molar-refractivity contribution in [1.82, 2.24) is 0 Å². The second kappa shape index (κ2) is 6.38. The number of hydrogen-bond donors (Lipinski definition) is 0. The highest BCUT2D eigenvalue weighted by Crippen LogP contribution is 2.04. The molecular formula is C8H14ClNO. The molecule has 0 radical (unpaired) electrons. The van der Waals surface area contributed by atoms with Gasteiger partial charge in [0, 0.05) is 19.7 Å². The van der Waals surface area contributed by atoms with Gasteiger partial charge in [-0.25, -0.2) is 4.99 Å². The van der Waals surface area contributed by atoms with E-state index < -0.39 is 0 Å². The largest absolute Gasteiger partial charge is 0.382 e. The number of aliphatic imine (C=N–C) groups is 1. The van der Waals surface area contributed by atoms with Gasteiger partial charge in [-0.15, -0.1) is 0 Å². The van der Waals surface area contributed by atoms with E-state index in [0.717, 1.165) is 12.8 Å². The summed E-state index contributed by atoms with van der Waals surface area (Å²) in [5.74, 6) is 0. The van der Waals surface area contributed by atoms with Crippen molar-refractivity contribution in [1.29, 1.82) is 0 Å². The highest BCUT2D eigenvalue weighted by Gasteiger charge is 2.00. The minimum absolute atomic E-state index is 0.240. The van der Waals surface area contributed by atoms with Gasteiger partial charge in [0.05, 0.1) is 6.10 Å². The van der Waals surface area contributed by atoms with Gasteiger partial charge >= 0.3 is 0 Å². The first-order chi connectivity index (χ1) is 5.20. The normalized spacial score (nSPS) is 14.6. The molecule has 0 N–H and O–H groups in total. The molecule has 0 aliphatic heterocycles. The van der Waals surface area contributed by atoms with Crippen LogP contribution in [0.15, 0.2) is 17.8 Å². The lowest BCUT2D eigenvalue weighted by molar-refractivity contribution is 0.113. The molecular weight excluding hydrogens is 162 g/mol. The van der Waals surface area contributed by atoms with E-state index in [1.54, 1.807) is 7.11 Å². The maximum absolute atomic E-state index is 5.71. The van der Waals surface area contributed by atoms with Crippen molar-refractivity contribution in [2.75, 3.05) is 7.11 Å². The zero-order chi connectivity index (χ0) is 8.69. The first kappa shape index (κ1) is 10.7. The number of rotatable bonds is 5. The molecule has 0 aliphatic rings. The topological polar surface area (TPSA) is 21.6 Å². The van der Waals surface area contributed by atoms with E-state index in [4.69, 9.17) is 16.3 Å². The minimum Gasteiger partial charge on any atom is -0.382 e. The average molecular weight is 176 g/mol. The van der Waals surface area contributed by atoms with Crippen LogP contribution < -0.4 is 0 Å². The molecule has 0 saturated heterocycles. The Morgan fingerprint density at radius 1 is 1.82 bits per heavy atom. The smallest absolute Gasteiger partial charge is 0.106 e. The molecule has 2 nitrogen and oxygen atoms in total. The standard InChI is InChI=1S/C8H14ClNO/c1-4-10-8(9)6-5-7(2)11-3/h4,7H,1,5-6H2,2-3H3/b10-8+. The van der Waals surface area contributed by atoms with E-state index in [1.165, 1.54) is 6.20 Å². The molecule has 0 heterocycles. The summed E-state index contributed by atoms with van der Waals surface area (Å²) in [7, 11) is 1.68. The molecule has 0 aromatic heterocycles. The summed E-state index contributed by atoms with van der Waals surface area (Å²) >= 11 is 5.71. The molecule has 0 rings (SSSR count). The SMILES string of the molecule is C=C/N=C(/Cl)CCC(C)OC. The summed E-state index contributed by atoms with van der Waals surface area (Å²) in [6.07, 6.45) is 3.33. The molecule has 1 unspecified atom stereocenters. The molecule has 1 atom stereocenters. The maximum Gasteiger partial charge on any atom is 0.106 e. The van der Waals surface area contributed by atoms with Crippen LogP contribution >= 0.6 is 11.6 Å². The number of hydrogen-bond acceptors (Lipinski definition) is 2. The predicted molar refractivity (Wildman–Crippen MR) is 49.2 cm³/mol. The number of ether oxygens (including phenoxy) is 1. The quantitative estimate of drug-likeness (QED) is 0.589. The lowest BCUT2D eigenvalue weighted by Gasteiger charge is -2.06. The van der Waals surface area contributed by atoms with Gasteiger partial charge in [0.2, 0.25) is 0 Å². The molecule has 0 amide bonds. The Morgan fingerprint density at radius 3 is 2.91 bits per heavy atom. The fraction of sp³-hybridized carbons (Fsp3) is 0.625. The van der Waals surface area contributed by atoms with Crippen molar-refractivity contribution in [2.45, 2.75) is 25.9 Å². The monoisotopic (exact) mass is 175 g/mol. The van der Waals surface area contributed by atoms with Crippen LogP contribution in [0.3, 0.4) is 0 Å². The van der Waals surface area contributed by atoms with Gasteiger partial charge in [-0.2, -0.15) is 0 Å². The zero-order valence-corrected chi connectivity index (χ0v) is 7.77. The van der Waals surface area contributed by atoms with Gasteiger partial charge in [-0.3, -0.25) is 0 Å². The number of methoxy groups -OCH3 is 1. The Morgan fingerprint density at radius 2 is 2.45 bits per heavy atom. The van der Waals surface area contributed by atoms with Gasteiger partial charge < -0.3 is 4.74 Å². The summed E-state index contributed by atoms with van der Waals surface area (Å²) in [4.78, 5) is 3.82. The molecule has 0 aromatic rings. The van der Waals surface area contributed by atoms with Gasteiger partial charge in [-0.1, -0.05) is 18.2 Å². The van der Waals surface area contributed by atoms with E-state index in [0.29, 0.717) is 5.17 Å². The molecule has 0 aliphatic carbocycles. The van der Waals surface area contributed by atoms with Crippen LogP contribution in [0, 0.1) is 0 Å². The Labute approximate surface area is 72.9 Å². The molecule has 0 saturated carbocycles. The maximum atomic E-state index is 5.71. The third-order valence-corrected chi connectivity index (χ3v) is 1.68. The van der Waals surface area contributed by atoms with Gasteiger partial charge in [0.15, 0.2) is 0 Å². The molecule has 0 bridgehead atoms. The highest BCUT2D eigenvalue weighted by atomic mass is 35.5. The first-order valence-electron chi connectivity index (χ1n) is 3.56. The van der Waals surface area contributed by atoms with Crippen molar-refractivity contribution >= 4 is 16.8 Å². The Kier molecular flexibility index (Phi) is 6.18. The number of nitrogens with zero attached hydrogens (tertiary/aromatic N) is 1. The van der Waals surface area contributed by atoms with Gasteiger partial charge in [0.25, 0.3) is 0 Å². The molecule has 0 fully saturated rings. The second-order valence-electron chi connectivity index (χ2n) is 2.27. The third-order valence-electron chi connectivity index (χ3n) is 1.39. The van der Waals surface area contributed by atoms with E-state index >= 15 is 0 Å². The highest BCUT2D eigenvalue weighted by molar-refractivity contribution is 6.65. The van der Waals surface area contributed by atoms with Crippen LogP contribution in [0.4, 0.5) is 0 Å². The Balaban J connectivity index is 3.52. The molecule has 0 aromatic carbocycles. The average Bonchev–Trinajstić information content (AvgIpc) is 2.01.